The Morgan fingerprint density at radius 1 is 0.552 bits per heavy atom. The highest BCUT2D eigenvalue weighted by molar-refractivity contribution is 9.10. The van der Waals surface area contributed by atoms with E-state index in [0.29, 0.717) is 13.1 Å². The third-order valence-electron chi connectivity index (χ3n) is 8.95. The SMILES string of the molecule is CC(C)(C)OC(=O)N1CCNCC1.Cc1cc(Br)ccc1Cl.Cc1cc(N2CCN(C(=O)OC(C)(C)C)CC2)ccc1Cl.Cc1cc(N2CCNCC2)ccc1Cl.Cl. The fourth-order valence-corrected chi connectivity index (χ4v) is 6.66. The van der Waals surface area contributed by atoms with Gasteiger partial charge in [-0.25, -0.2) is 9.59 Å². The molecule has 2 amide bonds. The summed E-state index contributed by atoms with van der Waals surface area (Å²) in [6, 6.07) is 18.1. The topological polar surface area (TPSA) is 89.6 Å². The molecule has 3 aliphatic rings. The molecule has 0 saturated carbocycles. The van der Waals surface area contributed by atoms with E-state index in [2.05, 4.69) is 54.6 Å². The number of benzene rings is 3. The maximum Gasteiger partial charge on any atom is 0.410 e. The van der Waals surface area contributed by atoms with Gasteiger partial charge in [0.25, 0.3) is 0 Å². The lowest BCUT2D eigenvalue weighted by molar-refractivity contribution is 0.0223. The van der Waals surface area contributed by atoms with Gasteiger partial charge in [0.15, 0.2) is 0 Å². The van der Waals surface area contributed by atoms with Crippen molar-refractivity contribution >= 4 is 86.7 Å². The Kier molecular flexibility index (Phi) is 21.8. The number of halogens is 5. The molecule has 6 rings (SSSR count). The molecular weight excluding hydrogens is 886 g/mol. The molecule has 3 heterocycles. The highest BCUT2D eigenvalue weighted by Gasteiger charge is 2.26. The van der Waals surface area contributed by atoms with E-state index in [1.165, 1.54) is 5.69 Å². The Labute approximate surface area is 376 Å². The van der Waals surface area contributed by atoms with Crippen LogP contribution in [-0.2, 0) is 9.47 Å². The van der Waals surface area contributed by atoms with Crippen molar-refractivity contribution in [3.63, 3.8) is 0 Å². The van der Waals surface area contributed by atoms with Gasteiger partial charge in [0.2, 0.25) is 0 Å². The molecule has 3 aromatic rings. The number of piperazine rings is 3. The molecule has 10 nitrogen and oxygen atoms in total. The second-order valence-corrected chi connectivity index (χ2v) is 18.3. The van der Waals surface area contributed by atoms with Gasteiger partial charge in [0, 0.05) is 109 Å². The molecule has 0 radical (unpaired) electrons. The first kappa shape index (κ1) is 51.5. The predicted octanol–water partition coefficient (Wildman–Crippen LogP) is 10.4. The zero-order valence-corrected chi connectivity index (χ0v) is 40.2. The van der Waals surface area contributed by atoms with Gasteiger partial charge in [-0.15, -0.1) is 12.4 Å². The van der Waals surface area contributed by atoms with Crippen molar-refractivity contribution in [3.8, 4) is 0 Å². The molecular formula is C43H63BrCl4N6O4. The Morgan fingerprint density at radius 2 is 0.897 bits per heavy atom. The fourth-order valence-electron chi connectivity index (χ4n) is 5.83. The molecule has 3 saturated heterocycles. The lowest BCUT2D eigenvalue weighted by atomic mass is 10.2. The van der Waals surface area contributed by atoms with Gasteiger partial charge < -0.3 is 39.7 Å². The maximum absolute atomic E-state index is 12.0. The average Bonchev–Trinajstić information content (AvgIpc) is 3.16. The van der Waals surface area contributed by atoms with E-state index in [4.69, 9.17) is 44.3 Å². The number of hydrogen-bond donors (Lipinski definition) is 2. The minimum absolute atomic E-state index is 0. The molecule has 324 valence electrons. The summed E-state index contributed by atoms with van der Waals surface area (Å²) in [4.78, 5) is 31.7. The minimum Gasteiger partial charge on any atom is -0.444 e. The predicted molar refractivity (Wildman–Crippen MR) is 249 cm³/mol. The van der Waals surface area contributed by atoms with Crippen LogP contribution in [0.15, 0.2) is 59.1 Å². The fraction of sp³-hybridized carbons (Fsp3) is 0.535. The Bertz CT molecular complexity index is 1740. The van der Waals surface area contributed by atoms with Crippen molar-refractivity contribution in [2.24, 2.45) is 0 Å². The van der Waals surface area contributed by atoms with Crippen LogP contribution < -0.4 is 20.4 Å². The van der Waals surface area contributed by atoms with Crippen LogP contribution in [0, 0.1) is 20.8 Å². The quantitative estimate of drug-likeness (QED) is 0.263. The monoisotopic (exact) mass is 946 g/mol. The van der Waals surface area contributed by atoms with Gasteiger partial charge in [-0.3, -0.25) is 0 Å². The number of nitrogens with one attached hydrogen (secondary N) is 2. The van der Waals surface area contributed by atoms with Crippen LogP contribution in [0.25, 0.3) is 0 Å². The Balaban J connectivity index is 0.000000277. The number of hydrogen-bond acceptors (Lipinski definition) is 8. The minimum atomic E-state index is -0.443. The summed E-state index contributed by atoms with van der Waals surface area (Å²) < 4.78 is 11.7. The van der Waals surface area contributed by atoms with Gasteiger partial charge in [0.1, 0.15) is 11.2 Å². The lowest BCUT2D eigenvalue weighted by Gasteiger charge is -2.36. The molecule has 3 aromatic carbocycles. The van der Waals surface area contributed by atoms with Crippen molar-refractivity contribution in [2.45, 2.75) is 73.5 Å². The number of amides is 2. The highest BCUT2D eigenvalue weighted by Crippen LogP contribution is 2.25. The number of rotatable bonds is 2. The van der Waals surface area contributed by atoms with E-state index in [-0.39, 0.29) is 30.2 Å². The molecule has 58 heavy (non-hydrogen) atoms. The summed E-state index contributed by atoms with van der Waals surface area (Å²) in [6.45, 7) is 27.8. The summed E-state index contributed by atoms with van der Waals surface area (Å²) in [7, 11) is 0. The third kappa shape index (κ3) is 18.7. The second kappa shape index (κ2) is 24.6. The molecule has 0 unspecified atom stereocenters. The van der Waals surface area contributed by atoms with Gasteiger partial charge in [-0.2, -0.15) is 0 Å². The molecule has 3 aliphatic heterocycles. The molecule has 2 N–H and O–H groups in total. The van der Waals surface area contributed by atoms with Crippen molar-refractivity contribution < 1.29 is 19.1 Å². The van der Waals surface area contributed by atoms with Crippen LogP contribution in [0.1, 0.15) is 58.2 Å². The number of anilines is 2. The normalized spacial score (nSPS) is 15.6. The van der Waals surface area contributed by atoms with E-state index in [1.807, 2.05) is 98.7 Å². The van der Waals surface area contributed by atoms with E-state index in [1.54, 1.807) is 9.80 Å². The third-order valence-corrected chi connectivity index (χ3v) is 10.7. The number of aryl methyl sites for hydroxylation is 3. The van der Waals surface area contributed by atoms with Gasteiger partial charge in [-0.1, -0.05) is 50.7 Å². The first-order valence-electron chi connectivity index (χ1n) is 19.5. The summed E-state index contributed by atoms with van der Waals surface area (Å²) in [5, 5.41) is 8.98. The Hall–Kier alpha value is -2.64. The van der Waals surface area contributed by atoms with E-state index in [0.717, 1.165) is 107 Å². The number of ether oxygens (including phenoxy) is 2. The molecule has 15 heteroatoms. The van der Waals surface area contributed by atoms with Crippen LogP contribution >= 0.6 is 63.1 Å². The average molecular weight is 950 g/mol. The summed E-state index contributed by atoms with van der Waals surface area (Å²) in [6.07, 6.45) is -0.427. The summed E-state index contributed by atoms with van der Waals surface area (Å²) >= 11 is 21.1. The molecule has 0 bridgehead atoms. The molecule has 0 atom stereocenters. The van der Waals surface area contributed by atoms with Crippen LogP contribution in [0.3, 0.4) is 0 Å². The molecule has 3 fully saturated rings. The van der Waals surface area contributed by atoms with Gasteiger partial charge in [-0.05, 0) is 134 Å². The maximum atomic E-state index is 12.0. The summed E-state index contributed by atoms with van der Waals surface area (Å²) in [5.74, 6) is 0. The first-order valence-corrected chi connectivity index (χ1v) is 21.5. The van der Waals surface area contributed by atoms with Crippen molar-refractivity contribution in [3.05, 3.63) is 90.8 Å². The van der Waals surface area contributed by atoms with E-state index >= 15 is 0 Å². The van der Waals surface area contributed by atoms with E-state index in [9.17, 15) is 9.59 Å². The van der Waals surface area contributed by atoms with Crippen molar-refractivity contribution in [1.82, 2.24) is 20.4 Å². The zero-order valence-electron chi connectivity index (χ0n) is 35.5. The zero-order chi connectivity index (χ0) is 42.3. The number of carbonyl (C=O) groups is 2. The van der Waals surface area contributed by atoms with Crippen molar-refractivity contribution in [2.75, 3.05) is 88.3 Å². The van der Waals surface area contributed by atoms with Crippen LogP contribution in [0.5, 0.6) is 0 Å². The molecule has 0 aromatic heterocycles. The first-order chi connectivity index (χ1) is 26.7. The van der Waals surface area contributed by atoms with Gasteiger partial charge in [0.05, 0.1) is 0 Å². The second-order valence-electron chi connectivity index (χ2n) is 16.2. The standard InChI is InChI=1S/C16H23ClN2O2.C11H15ClN2.C9H18N2O2.C7H6BrCl.ClH/c1-12-11-13(5-6-14(12)17)18-7-9-19(10-8-18)15(20)21-16(2,3)4;1-9-8-10(2-3-11(9)12)14-6-4-13-5-7-14;1-9(2,3)13-8(12)11-6-4-10-5-7-11;1-5-4-6(8)2-3-7(5)9;/h5-6,11H,7-10H2,1-4H3;2-3,8,13H,4-7H2,1H3;10H,4-7H2,1-3H3;2-4H,1H3;1H. The molecule has 0 aliphatic carbocycles. The smallest absolute Gasteiger partial charge is 0.410 e. The lowest BCUT2D eigenvalue weighted by Crippen LogP contribution is -2.50. The van der Waals surface area contributed by atoms with Crippen LogP contribution in [-0.4, -0.2) is 112 Å². The summed E-state index contributed by atoms with van der Waals surface area (Å²) in [5.41, 5.74) is 4.94. The van der Waals surface area contributed by atoms with E-state index < -0.39 is 5.60 Å². The largest absolute Gasteiger partial charge is 0.444 e. The molecule has 0 spiro atoms. The number of nitrogens with zero attached hydrogens (tertiary/aromatic N) is 4. The van der Waals surface area contributed by atoms with Gasteiger partial charge >= 0.3 is 12.2 Å². The number of carbonyl (C=O) groups excluding carboxylic acids is 2. The van der Waals surface area contributed by atoms with Crippen LogP contribution in [0.4, 0.5) is 21.0 Å². The van der Waals surface area contributed by atoms with Crippen LogP contribution in [0.2, 0.25) is 15.1 Å². The Morgan fingerprint density at radius 3 is 1.26 bits per heavy atom. The highest BCUT2D eigenvalue weighted by atomic mass is 79.9. The van der Waals surface area contributed by atoms with Crippen molar-refractivity contribution in [1.29, 1.82) is 0 Å².